The van der Waals surface area contributed by atoms with E-state index in [1.54, 1.807) is 30.5 Å². The number of fused-ring (bicyclic) bond motifs is 3. The Kier molecular flexibility index (Phi) is 3.19. The lowest BCUT2D eigenvalue weighted by atomic mass is 10.1. The van der Waals surface area contributed by atoms with Crippen molar-refractivity contribution in [2.24, 2.45) is 0 Å². The molecule has 3 aromatic rings. The van der Waals surface area contributed by atoms with Gasteiger partial charge in [0.25, 0.3) is 11.5 Å². The second-order valence-electron chi connectivity index (χ2n) is 5.69. The molecule has 0 fully saturated rings. The largest absolute Gasteiger partial charge is 0.322 e. The Morgan fingerprint density at radius 2 is 2.00 bits per heavy atom. The number of hydrogen-bond acceptors (Lipinski definition) is 3. The summed E-state index contributed by atoms with van der Waals surface area (Å²) in [4.78, 5) is 31.2. The number of carbonyl (C=O) groups is 1. The van der Waals surface area contributed by atoms with E-state index in [4.69, 9.17) is 0 Å². The highest BCUT2D eigenvalue weighted by Crippen LogP contribution is 2.27. The summed E-state index contributed by atoms with van der Waals surface area (Å²) >= 11 is 0. The molecule has 0 radical (unpaired) electrons. The molecule has 4 rings (SSSR count). The van der Waals surface area contributed by atoms with Crippen LogP contribution in [0.2, 0.25) is 0 Å². The number of H-pyrrole nitrogens is 1. The molecule has 23 heavy (non-hydrogen) atoms. The molecule has 0 saturated carbocycles. The quantitative estimate of drug-likeness (QED) is 0.764. The standard InChI is InChI=1S/C18H15N3O2/c22-17-14-5-3-4-12(14)13-8-7-11(10-16(13)21-17)20-18(23)15-6-1-2-9-19-15/h1-2,6-10H,3-5H2,(H,20,23)(H,21,22). The molecule has 0 atom stereocenters. The van der Waals surface area contributed by atoms with E-state index < -0.39 is 0 Å². The fraction of sp³-hybridized carbons (Fsp3) is 0.167. The molecule has 0 saturated heterocycles. The molecule has 1 aromatic carbocycles. The van der Waals surface area contributed by atoms with Gasteiger partial charge in [0.05, 0.1) is 5.52 Å². The van der Waals surface area contributed by atoms with Gasteiger partial charge in [-0.05, 0) is 49.1 Å². The van der Waals surface area contributed by atoms with Gasteiger partial charge in [-0.15, -0.1) is 0 Å². The molecule has 1 aliphatic rings. The van der Waals surface area contributed by atoms with Crippen LogP contribution in [0.25, 0.3) is 10.9 Å². The molecular weight excluding hydrogens is 290 g/mol. The van der Waals surface area contributed by atoms with Gasteiger partial charge in [0, 0.05) is 22.8 Å². The van der Waals surface area contributed by atoms with Crippen LogP contribution in [0.5, 0.6) is 0 Å². The summed E-state index contributed by atoms with van der Waals surface area (Å²) < 4.78 is 0. The number of anilines is 1. The molecule has 114 valence electrons. The van der Waals surface area contributed by atoms with Crippen molar-refractivity contribution in [1.82, 2.24) is 9.97 Å². The highest BCUT2D eigenvalue weighted by Gasteiger charge is 2.18. The van der Waals surface area contributed by atoms with Gasteiger partial charge >= 0.3 is 0 Å². The highest BCUT2D eigenvalue weighted by molar-refractivity contribution is 6.03. The third-order valence-corrected chi connectivity index (χ3v) is 4.24. The number of aryl methyl sites for hydroxylation is 1. The summed E-state index contributed by atoms with van der Waals surface area (Å²) in [6.07, 6.45) is 4.39. The van der Waals surface area contributed by atoms with Crippen LogP contribution < -0.4 is 10.9 Å². The fourth-order valence-corrected chi connectivity index (χ4v) is 3.17. The van der Waals surface area contributed by atoms with Crippen molar-refractivity contribution in [2.75, 3.05) is 5.32 Å². The predicted octanol–water partition coefficient (Wildman–Crippen LogP) is 2.66. The Hall–Kier alpha value is -2.95. The number of hydrogen-bond donors (Lipinski definition) is 2. The normalized spacial score (nSPS) is 13.0. The van der Waals surface area contributed by atoms with Crippen molar-refractivity contribution in [1.29, 1.82) is 0 Å². The summed E-state index contributed by atoms with van der Waals surface area (Å²) in [5.41, 5.74) is 3.79. The van der Waals surface area contributed by atoms with Crippen LogP contribution in [0.15, 0.2) is 47.4 Å². The first-order valence-corrected chi connectivity index (χ1v) is 7.62. The van der Waals surface area contributed by atoms with Crippen molar-refractivity contribution < 1.29 is 4.79 Å². The number of carbonyl (C=O) groups excluding carboxylic acids is 1. The Morgan fingerprint density at radius 3 is 2.83 bits per heavy atom. The molecule has 2 heterocycles. The van der Waals surface area contributed by atoms with Gasteiger partial charge in [0.2, 0.25) is 0 Å². The van der Waals surface area contributed by atoms with Gasteiger partial charge in [-0.25, -0.2) is 0 Å². The van der Waals surface area contributed by atoms with Crippen molar-refractivity contribution in [3.63, 3.8) is 0 Å². The van der Waals surface area contributed by atoms with E-state index in [1.165, 1.54) is 0 Å². The molecule has 1 aliphatic carbocycles. The zero-order valence-electron chi connectivity index (χ0n) is 12.4. The third-order valence-electron chi connectivity index (χ3n) is 4.24. The molecule has 5 nitrogen and oxygen atoms in total. The minimum absolute atomic E-state index is 0.0156. The van der Waals surface area contributed by atoms with Gasteiger partial charge in [0.1, 0.15) is 5.69 Å². The van der Waals surface area contributed by atoms with Gasteiger partial charge < -0.3 is 10.3 Å². The van der Waals surface area contributed by atoms with E-state index in [-0.39, 0.29) is 11.5 Å². The van der Waals surface area contributed by atoms with Crippen LogP contribution in [-0.4, -0.2) is 15.9 Å². The second kappa shape index (κ2) is 5.35. The summed E-state index contributed by atoms with van der Waals surface area (Å²) in [5.74, 6) is -0.270. The number of amides is 1. The first-order chi connectivity index (χ1) is 11.2. The molecule has 2 N–H and O–H groups in total. The summed E-state index contributed by atoms with van der Waals surface area (Å²) in [5, 5.41) is 3.88. The maximum atomic E-state index is 12.2. The molecule has 0 spiro atoms. The number of rotatable bonds is 2. The number of benzene rings is 1. The van der Waals surface area contributed by atoms with Gasteiger partial charge in [-0.2, -0.15) is 0 Å². The smallest absolute Gasteiger partial charge is 0.274 e. The van der Waals surface area contributed by atoms with E-state index >= 15 is 0 Å². The van der Waals surface area contributed by atoms with E-state index in [0.29, 0.717) is 11.4 Å². The van der Waals surface area contributed by atoms with Crippen molar-refractivity contribution >= 4 is 22.5 Å². The molecule has 0 aliphatic heterocycles. The first kappa shape index (κ1) is 13.7. The predicted molar refractivity (Wildman–Crippen MR) is 88.8 cm³/mol. The Morgan fingerprint density at radius 1 is 1.13 bits per heavy atom. The van der Waals surface area contributed by atoms with E-state index in [0.717, 1.165) is 41.3 Å². The Balaban J connectivity index is 1.71. The van der Waals surface area contributed by atoms with Crippen LogP contribution in [0.1, 0.15) is 28.0 Å². The van der Waals surface area contributed by atoms with E-state index in [9.17, 15) is 9.59 Å². The monoisotopic (exact) mass is 305 g/mol. The fourth-order valence-electron chi connectivity index (χ4n) is 3.17. The van der Waals surface area contributed by atoms with E-state index in [2.05, 4.69) is 15.3 Å². The van der Waals surface area contributed by atoms with Crippen LogP contribution in [0.4, 0.5) is 5.69 Å². The molecule has 2 aromatic heterocycles. The minimum atomic E-state index is -0.270. The zero-order valence-corrected chi connectivity index (χ0v) is 12.4. The third kappa shape index (κ3) is 2.40. The lowest BCUT2D eigenvalue weighted by molar-refractivity contribution is 0.102. The molecular formula is C18H15N3O2. The summed E-state index contributed by atoms with van der Waals surface area (Å²) in [7, 11) is 0. The first-order valence-electron chi connectivity index (χ1n) is 7.62. The van der Waals surface area contributed by atoms with Crippen LogP contribution in [0.3, 0.4) is 0 Å². The topological polar surface area (TPSA) is 74.8 Å². The van der Waals surface area contributed by atoms with E-state index in [1.807, 2.05) is 12.1 Å². The second-order valence-corrected chi connectivity index (χ2v) is 5.69. The Labute approximate surface area is 132 Å². The average molecular weight is 305 g/mol. The lowest BCUT2D eigenvalue weighted by Gasteiger charge is -2.09. The van der Waals surface area contributed by atoms with Gasteiger partial charge in [-0.3, -0.25) is 14.6 Å². The maximum absolute atomic E-state index is 12.2. The summed E-state index contributed by atoms with van der Waals surface area (Å²) in [6, 6.07) is 10.8. The minimum Gasteiger partial charge on any atom is -0.322 e. The van der Waals surface area contributed by atoms with Crippen LogP contribution in [0, 0.1) is 0 Å². The number of nitrogens with one attached hydrogen (secondary N) is 2. The number of nitrogens with zero attached hydrogens (tertiary/aromatic N) is 1. The lowest BCUT2D eigenvalue weighted by Crippen LogP contribution is -2.14. The molecule has 0 bridgehead atoms. The zero-order chi connectivity index (χ0) is 15.8. The van der Waals surface area contributed by atoms with Gasteiger partial charge in [0.15, 0.2) is 0 Å². The Bertz CT molecular complexity index is 961. The number of aromatic nitrogens is 2. The van der Waals surface area contributed by atoms with Crippen molar-refractivity contribution in [2.45, 2.75) is 19.3 Å². The van der Waals surface area contributed by atoms with Crippen LogP contribution in [-0.2, 0) is 12.8 Å². The van der Waals surface area contributed by atoms with Crippen LogP contribution >= 0.6 is 0 Å². The summed E-state index contributed by atoms with van der Waals surface area (Å²) in [6.45, 7) is 0. The van der Waals surface area contributed by atoms with Crippen molar-refractivity contribution in [3.8, 4) is 0 Å². The highest BCUT2D eigenvalue weighted by atomic mass is 16.2. The number of aromatic amines is 1. The molecule has 0 unspecified atom stereocenters. The SMILES string of the molecule is O=C(Nc1ccc2c3c(c(=O)[nH]c2c1)CCC3)c1ccccn1. The maximum Gasteiger partial charge on any atom is 0.274 e. The van der Waals surface area contributed by atoms with Crippen molar-refractivity contribution in [3.05, 3.63) is 69.8 Å². The average Bonchev–Trinajstić information content (AvgIpc) is 3.06. The number of pyridine rings is 2. The molecule has 1 amide bonds. The molecule has 5 heteroatoms. The van der Waals surface area contributed by atoms with Gasteiger partial charge in [-0.1, -0.05) is 12.1 Å².